The SMILES string of the molecule is CO[C@H]1[C@H](OC)[C@H]2CO[C@@H]1CO2. The highest BCUT2D eigenvalue weighted by Gasteiger charge is 2.46. The van der Waals surface area contributed by atoms with Gasteiger partial charge in [-0.1, -0.05) is 0 Å². The fourth-order valence-electron chi connectivity index (χ4n) is 1.91. The van der Waals surface area contributed by atoms with Crippen molar-refractivity contribution < 1.29 is 18.9 Å². The minimum Gasteiger partial charge on any atom is -0.376 e. The average molecular weight is 174 g/mol. The van der Waals surface area contributed by atoms with Gasteiger partial charge in [-0.3, -0.25) is 0 Å². The predicted octanol–water partition coefficient (Wildman–Crippen LogP) is -0.186. The second-order valence-electron chi connectivity index (χ2n) is 3.14. The Morgan fingerprint density at radius 3 is 1.58 bits per heavy atom. The number of ether oxygens (including phenoxy) is 4. The number of fused-ring (bicyclic) bond motifs is 3. The number of rotatable bonds is 2. The van der Waals surface area contributed by atoms with Crippen molar-refractivity contribution in [3.8, 4) is 0 Å². The zero-order chi connectivity index (χ0) is 8.55. The summed E-state index contributed by atoms with van der Waals surface area (Å²) in [5.41, 5.74) is 0. The van der Waals surface area contributed by atoms with E-state index in [0.717, 1.165) is 0 Å². The second-order valence-corrected chi connectivity index (χ2v) is 3.14. The van der Waals surface area contributed by atoms with Crippen LogP contribution in [0.2, 0.25) is 0 Å². The zero-order valence-electron chi connectivity index (χ0n) is 7.36. The summed E-state index contributed by atoms with van der Waals surface area (Å²) in [7, 11) is 3.36. The van der Waals surface area contributed by atoms with Gasteiger partial charge >= 0.3 is 0 Å². The Morgan fingerprint density at radius 2 is 1.33 bits per heavy atom. The van der Waals surface area contributed by atoms with Crippen LogP contribution < -0.4 is 0 Å². The van der Waals surface area contributed by atoms with Crippen LogP contribution in [0.15, 0.2) is 0 Å². The lowest BCUT2D eigenvalue weighted by molar-refractivity contribution is -0.276. The Labute approximate surface area is 71.7 Å². The Bertz CT molecular complexity index is 135. The molecule has 12 heavy (non-hydrogen) atoms. The average Bonchev–Trinajstić information content (AvgIpc) is 2.18. The van der Waals surface area contributed by atoms with Gasteiger partial charge in [0.15, 0.2) is 0 Å². The molecular formula is C8H14O4. The summed E-state index contributed by atoms with van der Waals surface area (Å²) in [6.45, 7) is 1.26. The van der Waals surface area contributed by atoms with E-state index in [4.69, 9.17) is 18.9 Å². The van der Waals surface area contributed by atoms with Gasteiger partial charge in [0.2, 0.25) is 0 Å². The largest absolute Gasteiger partial charge is 0.376 e. The number of hydrogen-bond acceptors (Lipinski definition) is 4. The third-order valence-electron chi connectivity index (χ3n) is 2.55. The lowest BCUT2D eigenvalue weighted by Crippen LogP contribution is -2.62. The quantitative estimate of drug-likeness (QED) is 0.581. The molecule has 3 aliphatic heterocycles. The molecule has 4 heteroatoms. The van der Waals surface area contributed by atoms with E-state index in [2.05, 4.69) is 0 Å². The van der Waals surface area contributed by atoms with Crippen LogP contribution >= 0.6 is 0 Å². The molecule has 3 saturated heterocycles. The molecule has 0 aromatic rings. The molecule has 0 aromatic heterocycles. The van der Waals surface area contributed by atoms with Crippen LogP contribution in [-0.4, -0.2) is 51.8 Å². The summed E-state index contributed by atoms with van der Waals surface area (Å²) >= 11 is 0. The molecule has 0 N–H and O–H groups in total. The van der Waals surface area contributed by atoms with Gasteiger partial charge < -0.3 is 18.9 Å². The zero-order valence-corrected chi connectivity index (χ0v) is 7.36. The van der Waals surface area contributed by atoms with Crippen molar-refractivity contribution in [3.63, 3.8) is 0 Å². The summed E-state index contributed by atoms with van der Waals surface area (Å²) in [6, 6.07) is 0. The number of methoxy groups -OCH3 is 2. The maximum atomic E-state index is 5.48. The van der Waals surface area contributed by atoms with Gasteiger partial charge in [-0.05, 0) is 0 Å². The van der Waals surface area contributed by atoms with E-state index < -0.39 is 0 Å². The fourth-order valence-corrected chi connectivity index (χ4v) is 1.91. The van der Waals surface area contributed by atoms with Crippen LogP contribution in [0.4, 0.5) is 0 Å². The van der Waals surface area contributed by atoms with E-state index in [1.54, 1.807) is 14.2 Å². The van der Waals surface area contributed by atoms with Crippen LogP contribution in [0.5, 0.6) is 0 Å². The van der Waals surface area contributed by atoms with Crippen molar-refractivity contribution >= 4 is 0 Å². The highest BCUT2D eigenvalue weighted by Crippen LogP contribution is 2.27. The van der Waals surface area contributed by atoms with Crippen LogP contribution in [0.1, 0.15) is 0 Å². The van der Waals surface area contributed by atoms with Gasteiger partial charge in [-0.2, -0.15) is 0 Å². The fraction of sp³-hybridized carbons (Fsp3) is 1.00. The van der Waals surface area contributed by atoms with E-state index in [-0.39, 0.29) is 24.4 Å². The van der Waals surface area contributed by atoms with Gasteiger partial charge in [0.05, 0.1) is 13.2 Å². The summed E-state index contributed by atoms with van der Waals surface area (Å²) < 4.78 is 21.6. The Morgan fingerprint density at radius 1 is 0.917 bits per heavy atom. The van der Waals surface area contributed by atoms with E-state index in [1.807, 2.05) is 0 Å². The van der Waals surface area contributed by atoms with E-state index in [9.17, 15) is 0 Å². The third kappa shape index (κ3) is 1.15. The molecular weight excluding hydrogens is 160 g/mol. The molecule has 3 aliphatic rings. The summed E-state index contributed by atoms with van der Waals surface area (Å²) in [5, 5.41) is 0. The molecule has 0 unspecified atom stereocenters. The Hall–Kier alpha value is -0.160. The van der Waals surface area contributed by atoms with Crippen molar-refractivity contribution in [3.05, 3.63) is 0 Å². The number of hydrogen-bond donors (Lipinski definition) is 0. The summed E-state index contributed by atoms with van der Waals surface area (Å²) in [6.07, 6.45) is 0.153. The van der Waals surface area contributed by atoms with Crippen molar-refractivity contribution in [2.24, 2.45) is 0 Å². The standard InChI is InChI=1S/C8H14O4/c1-9-7-5-3-12-6(4-11-5)8(7)10-2/h5-8H,3-4H2,1-2H3/t5-,6-,7-,8-/m1/s1. The van der Waals surface area contributed by atoms with Crippen LogP contribution in [0, 0.1) is 0 Å². The molecule has 4 nitrogen and oxygen atoms in total. The summed E-state index contributed by atoms with van der Waals surface area (Å²) in [5.74, 6) is 0. The molecule has 0 saturated carbocycles. The highest BCUT2D eigenvalue weighted by atomic mass is 16.6. The lowest BCUT2D eigenvalue weighted by Gasteiger charge is -2.46. The molecule has 4 atom stereocenters. The van der Waals surface area contributed by atoms with Gasteiger partial charge in [0.1, 0.15) is 24.4 Å². The first kappa shape index (κ1) is 8.44. The first-order valence-electron chi connectivity index (χ1n) is 4.15. The van der Waals surface area contributed by atoms with E-state index in [0.29, 0.717) is 13.2 Å². The molecule has 3 rings (SSSR count). The maximum Gasteiger partial charge on any atom is 0.114 e. The smallest absolute Gasteiger partial charge is 0.114 e. The Kier molecular flexibility index (Phi) is 2.32. The van der Waals surface area contributed by atoms with Gasteiger partial charge in [-0.15, -0.1) is 0 Å². The summed E-state index contributed by atoms with van der Waals surface area (Å²) in [4.78, 5) is 0. The molecule has 3 heterocycles. The van der Waals surface area contributed by atoms with Crippen molar-refractivity contribution in [1.82, 2.24) is 0 Å². The molecule has 0 aliphatic carbocycles. The van der Waals surface area contributed by atoms with Gasteiger partial charge in [0.25, 0.3) is 0 Å². The monoisotopic (exact) mass is 174 g/mol. The minimum atomic E-state index is 0.0301. The molecule has 2 bridgehead atoms. The lowest BCUT2D eigenvalue weighted by atomic mass is 9.97. The maximum absolute atomic E-state index is 5.48. The minimum absolute atomic E-state index is 0.0301. The van der Waals surface area contributed by atoms with Crippen LogP contribution in [-0.2, 0) is 18.9 Å². The van der Waals surface area contributed by atoms with Gasteiger partial charge in [-0.25, -0.2) is 0 Å². The van der Waals surface area contributed by atoms with Gasteiger partial charge in [0, 0.05) is 14.2 Å². The third-order valence-corrected chi connectivity index (χ3v) is 2.55. The second kappa shape index (κ2) is 3.30. The predicted molar refractivity (Wildman–Crippen MR) is 41.1 cm³/mol. The van der Waals surface area contributed by atoms with E-state index in [1.165, 1.54) is 0 Å². The topological polar surface area (TPSA) is 36.9 Å². The molecule has 0 radical (unpaired) electrons. The highest BCUT2D eigenvalue weighted by molar-refractivity contribution is 4.93. The molecule has 70 valence electrons. The molecule has 0 spiro atoms. The first-order chi connectivity index (χ1) is 5.86. The Balaban J connectivity index is 2.10. The van der Waals surface area contributed by atoms with Crippen molar-refractivity contribution in [1.29, 1.82) is 0 Å². The van der Waals surface area contributed by atoms with Crippen LogP contribution in [0.3, 0.4) is 0 Å². The van der Waals surface area contributed by atoms with Crippen LogP contribution in [0.25, 0.3) is 0 Å². The van der Waals surface area contributed by atoms with Crippen molar-refractivity contribution in [2.75, 3.05) is 27.4 Å². The molecule has 0 amide bonds. The van der Waals surface area contributed by atoms with E-state index >= 15 is 0 Å². The first-order valence-corrected chi connectivity index (χ1v) is 4.15. The molecule has 0 aromatic carbocycles. The van der Waals surface area contributed by atoms with Crippen molar-refractivity contribution in [2.45, 2.75) is 24.4 Å². The molecule has 3 fully saturated rings. The normalized spacial score (nSPS) is 46.5.